The first kappa shape index (κ1) is 12.0. The van der Waals surface area contributed by atoms with E-state index in [1.807, 2.05) is 12.3 Å². The molecule has 1 aliphatic rings. The first-order chi connectivity index (χ1) is 8.29. The molecule has 1 aliphatic heterocycles. The van der Waals surface area contributed by atoms with Crippen LogP contribution in [0.5, 0.6) is 0 Å². The van der Waals surface area contributed by atoms with E-state index in [9.17, 15) is 4.79 Å². The fraction of sp³-hybridized carbons (Fsp3) is 0.538. The van der Waals surface area contributed by atoms with Crippen LogP contribution >= 0.6 is 0 Å². The number of esters is 1. The number of pyridine rings is 1. The molecule has 0 amide bonds. The zero-order valence-corrected chi connectivity index (χ0v) is 10.1. The predicted octanol–water partition coefficient (Wildman–Crippen LogP) is 1.47. The minimum absolute atomic E-state index is 0.0328. The summed E-state index contributed by atoms with van der Waals surface area (Å²) < 4.78 is 4.81. The Morgan fingerprint density at radius 2 is 2.53 bits per heavy atom. The molecule has 1 aromatic rings. The monoisotopic (exact) mass is 234 g/mol. The molecule has 1 saturated heterocycles. The molecule has 1 fully saturated rings. The molecule has 0 aromatic carbocycles. The quantitative estimate of drug-likeness (QED) is 0.743. The highest BCUT2D eigenvalue weighted by molar-refractivity contribution is 5.72. The molecule has 4 heteroatoms. The van der Waals surface area contributed by atoms with E-state index in [1.54, 1.807) is 6.20 Å². The van der Waals surface area contributed by atoms with Gasteiger partial charge in [0.25, 0.3) is 0 Å². The van der Waals surface area contributed by atoms with Gasteiger partial charge in [-0.25, -0.2) is 0 Å². The van der Waals surface area contributed by atoms with Gasteiger partial charge in [-0.2, -0.15) is 0 Å². The SMILES string of the molecule is COC(=O)C1CCCN(Cc2cccnc2)C1. The van der Waals surface area contributed by atoms with E-state index in [2.05, 4.69) is 16.0 Å². The van der Waals surface area contributed by atoms with Gasteiger partial charge in [0.1, 0.15) is 0 Å². The highest BCUT2D eigenvalue weighted by Gasteiger charge is 2.26. The van der Waals surface area contributed by atoms with Crippen molar-refractivity contribution in [2.75, 3.05) is 20.2 Å². The van der Waals surface area contributed by atoms with Crippen LogP contribution in [0.1, 0.15) is 18.4 Å². The molecule has 2 rings (SSSR count). The fourth-order valence-corrected chi connectivity index (χ4v) is 2.31. The zero-order chi connectivity index (χ0) is 12.1. The van der Waals surface area contributed by atoms with Crippen molar-refractivity contribution >= 4 is 5.97 Å². The average molecular weight is 234 g/mol. The highest BCUT2D eigenvalue weighted by Crippen LogP contribution is 2.19. The molecule has 1 unspecified atom stereocenters. The maximum atomic E-state index is 11.5. The smallest absolute Gasteiger partial charge is 0.309 e. The third kappa shape index (κ3) is 3.27. The van der Waals surface area contributed by atoms with Crippen LogP contribution in [0.4, 0.5) is 0 Å². The number of hydrogen-bond acceptors (Lipinski definition) is 4. The Morgan fingerprint density at radius 3 is 3.24 bits per heavy atom. The summed E-state index contributed by atoms with van der Waals surface area (Å²) in [5.74, 6) is -0.0497. The van der Waals surface area contributed by atoms with Crippen LogP contribution in [0.2, 0.25) is 0 Å². The van der Waals surface area contributed by atoms with Crippen LogP contribution in [0, 0.1) is 5.92 Å². The molecule has 17 heavy (non-hydrogen) atoms. The van der Waals surface area contributed by atoms with Gasteiger partial charge in [-0.05, 0) is 31.0 Å². The van der Waals surface area contributed by atoms with Gasteiger partial charge in [0.05, 0.1) is 13.0 Å². The Balaban J connectivity index is 1.92. The summed E-state index contributed by atoms with van der Waals surface area (Å²) in [7, 11) is 1.46. The van der Waals surface area contributed by atoms with Crippen LogP contribution in [0.25, 0.3) is 0 Å². The molecule has 0 saturated carbocycles. The van der Waals surface area contributed by atoms with Gasteiger partial charge in [0, 0.05) is 25.5 Å². The molecular weight excluding hydrogens is 216 g/mol. The molecule has 0 radical (unpaired) electrons. The standard InChI is InChI=1S/C13H18N2O2/c1-17-13(16)12-5-3-7-15(10-12)9-11-4-2-6-14-8-11/h2,4,6,8,12H,3,5,7,9-10H2,1H3. The van der Waals surface area contributed by atoms with E-state index in [0.717, 1.165) is 32.5 Å². The minimum atomic E-state index is -0.0825. The third-order valence-corrected chi connectivity index (χ3v) is 3.17. The highest BCUT2D eigenvalue weighted by atomic mass is 16.5. The summed E-state index contributed by atoms with van der Waals surface area (Å²) >= 11 is 0. The number of methoxy groups -OCH3 is 1. The maximum absolute atomic E-state index is 11.5. The van der Waals surface area contributed by atoms with Gasteiger partial charge in [0.15, 0.2) is 0 Å². The van der Waals surface area contributed by atoms with Crippen LogP contribution in [-0.2, 0) is 16.1 Å². The number of aromatic nitrogens is 1. The second-order valence-electron chi connectivity index (χ2n) is 4.46. The lowest BCUT2D eigenvalue weighted by molar-refractivity contribution is -0.147. The van der Waals surface area contributed by atoms with Gasteiger partial charge in [-0.15, -0.1) is 0 Å². The number of hydrogen-bond donors (Lipinski definition) is 0. The molecular formula is C13H18N2O2. The van der Waals surface area contributed by atoms with Crippen LogP contribution in [-0.4, -0.2) is 36.1 Å². The topological polar surface area (TPSA) is 42.4 Å². The molecule has 0 bridgehead atoms. The van der Waals surface area contributed by atoms with Gasteiger partial charge in [0.2, 0.25) is 0 Å². The molecule has 0 N–H and O–H groups in total. The van der Waals surface area contributed by atoms with Crippen LogP contribution in [0.15, 0.2) is 24.5 Å². The Kier molecular flexibility index (Phi) is 4.09. The molecule has 0 aliphatic carbocycles. The fourth-order valence-electron chi connectivity index (χ4n) is 2.31. The van der Waals surface area contributed by atoms with Crippen LogP contribution in [0.3, 0.4) is 0 Å². The lowest BCUT2D eigenvalue weighted by Crippen LogP contribution is -2.38. The van der Waals surface area contributed by atoms with E-state index in [0.29, 0.717) is 0 Å². The molecule has 0 spiro atoms. The number of rotatable bonds is 3. The first-order valence-corrected chi connectivity index (χ1v) is 5.98. The second-order valence-corrected chi connectivity index (χ2v) is 4.46. The number of likely N-dealkylation sites (tertiary alicyclic amines) is 1. The van der Waals surface area contributed by atoms with E-state index < -0.39 is 0 Å². The van der Waals surface area contributed by atoms with Crippen molar-refractivity contribution in [3.63, 3.8) is 0 Å². The van der Waals surface area contributed by atoms with E-state index >= 15 is 0 Å². The van der Waals surface area contributed by atoms with Crippen molar-refractivity contribution < 1.29 is 9.53 Å². The summed E-state index contributed by atoms with van der Waals surface area (Å²) in [5.41, 5.74) is 1.19. The van der Waals surface area contributed by atoms with Crippen molar-refractivity contribution in [2.45, 2.75) is 19.4 Å². The van der Waals surface area contributed by atoms with Crippen molar-refractivity contribution in [3.05, 3.63) is 30.1 Å². The Morgan fingerprint density at radius 1 is 1.65 bits per heavy atom. The lowest BCUT2D eigenvalue weighted by Gasteiger charge is -2.31. The van der Waals surface area contributed by atoms with Gasteiger partial charge in [-0.3, -0.25) is 14.7 Å². The van der Waals surface area contributed by atoms with E-state index in [-0.39, 0.29) is 11.9 Å². The minimum Gasteiger partial charge on any atom is -0.469 e. The number of nitrogens with zero attached hydrogens (tertiary/aromatic N) is 2. The second kappa shape index (κ2) is 5.77. The lowest BCUT2D eigenvalue weighted by atomic mass is 9.98. The summed E-state index contributed by atoms with van der Waals surface area (Å²) in [6, 6.07) is 4.01. The van der Waals surface area contributed by atoms with E-state index in [4.69, 9.17) is 4.74 Å². The van der Waals surface area contributed by atoms with Gasteiger partial charge < -0.3 is 4.74 Å². The summed E-state index contributed by atoms with van der Waals surface area (Å²) in [4.78, 5) is 17.9. The van der Waals surface area contributed by atoms with Crippen LogP contribution < -0.4 is 0 Å². The Hall–Kier alpha value is -1.42. The largest absolute Gasteiger partial charge is 0.469 e. The van der Waals surface area contributed by atoms with Crippen molar-refractivity contribution in [1.82, 2.24) is 9.88 Å². The van der Waals surface area contributed by atoms with Crippen molar-refractivity contribution in [3.8, 4) is 0 Å². The third-order valence-electron chi connectivity index (χ3n) is 3.17. The molecule has 92 valence electrons. The average Bonchev–Trinajstić information content (AvgIpc) is 2.39. The van der Waals surface area contributed by atoms with Gasteiger partial charge >= 0.3 is 5.97 Å². The summed E-state index contributed by atoms with van der Waals surface area (Å²) in [5, 5.41) is 0. The predicted molar refractivity (Wildman–Crippen MR) is 64.3 cm³/mol. The number of piperidine rings is 1. The zero-order valence-electron chi connectivity index (χ0n) is 10.1. The normalized spacial score (nSPS) is 21.1. The Bertz CT molecular complexity index is 367. The first-order valence-electron chi connectivity index (χ1n) is 5.98. The maximum Gasteiger partial charge on any atom is 0.309 e. The van der Waals surface area contributed by atoms with Crippen molar-refractivity contribution in [1.29, 1.82) is 0 Å². The molecule has 1 aromatic heterocycles. The molecule has 2 heterocycles. The number of carbonyl (C=O) groups is 1. The number of carbonyl (C=O) groups excluding carboxylic acids is 1. The number of ether oxygens (including phenoxy) is 1. The molecule has 4 nitrogen and oxygen atoms in total. The van der Waals surface area contributed by atoms with Gasteiger partial charge in [-0.1, -0.05) is 6.07 Å². The van der Waals surface area contributed by atoms with E-state index in [1.165, 1.54) is 12.7 Å². The Labute approximate surface area is 102 Å². The van der Waals surface area contributed by atoms with Crippen molar-refractivity contribution in [2.24, 2.45) is 5.92 Å². The summed E-state index contributed by atoms with van der Waals surface area (Å²) in [6.07, 6.45) is 5.65. The molecule has 1 atom stereocenters. The summed E-state index contributed by atoms with van der Waals surface area (Å²) in [6.45, 7) is 2.70.